The number of rotatable bonds is 10. The summed E-state index contributed by atoms with van der Waals surface area (Å²) in [6, 6.07) is 15.7. The maximum Gasteiger partial charge on any atom is 0.197 e. The van der Waals surface area contributed by atoms with Gasteiger partial charge < -0.3 is 13.9 Å². The Morgan fingerprint density at radius 3 is 2.49 bits per heavy atom. The Balaban J connectivity index is 1.32. The third kappa shape index (κ3) is 6.53. The Morgan fingerprint density at radius 2 is 1.80 bits per heavy atom. The second-order valence-corrected chi connectivity index (χ2v) is 10.0. The lowest BCUT2D eigenvalue weighted by Crippen LogP contribution is -2.42. The molecular formula is C30H37NO4. The normalized spacial score (nSPS) is 16.0. The summed E-state index contributed by atoms with van der Waals surface area (Å²) in [7, 11) is 0. The lowest BCUT2D eigenvalue weighted by atomic mass is 9.89. The Bertz CT molecular complexity index is 1130. The summed E-state index contributed by atoms with van der Waals surface area (Å²) in [5.74, 6) is 3.78. The molecule has 35 heavy (non-hydrogen) atoms. The number of carbonyl (C=O) groups excluding carboxylic acids is 1. The van der Waals surface area contributed by atoms with Crippen LogP contribution in [0, 0.1) is 13.8 Å². The fourth-order valence-corrected chi connectivity index (χ4v) is 4.74. The smallest absolute Gasteiger partial charge is 0.197 e. The van der Waals surface area contributed by atoms with Crippen LogP contribution >= 0.6 is 0 Å². The summed E-state index contributed by atoms with van der Waals surface area (Å²) in [4.78, 5) is 17.3. The van der Waals surface area contributed by atoms with Crippen LogP contribution in [0.25, 0.3) is 0 Å². The van der Waals surface area contributed by atoms with E-state index < -0.39 is 5.60 Å². The van der Waals surface area contributed by atoms with Gasteiger partial charge in [-0.25, -0.2) is 4.98 Å². The highest BCUT2D eigenvalue weighted by atomic mass is 16.5. The molecule has 4 rings (SSSR count). The molecule has 1 aromatic heterocycles. The second-order valence-electron chi connectivity index (χ2n) is 10.0. The van der Waals surface area contributed by atoms with Crippen molar-refractivity contribution in [2.24, 2.45) is 0 Å². The van der Waals surface area contributed by atoms with Crippen LogP contribution in [0.3, 0.4) is 0 Å². The highest BCUT2D eigenvalue weighted by Gasteiger charge is 2.32. The molecule has 1 heterocycles. The lowest BCUT2D eigenvalue weighted by Gasteiger charge is -2.28. The third-order valence-electron chi connectivity index (χ3n) is 7.01. The first kappa shape index (κ1) is 25.0. The largest absolute Gasteiger partial charge is 0.493 e. The van der Waals surface area contributed by atoms with E-state index in [0.29, 0.717) is 24.7 Å². The average Bonchev–Trinajstić information content (AvgIpc) is 3.21. The number of hydrogen-bond acceptors (Lipinski definition) is 5. The van der Waals surface area contributed by atoms with Gasteiger partial charge in [0.25, 0.3) is 0 Å². The van der Waals surface area contributed by atoms with Gasteiger partial charge in [-0.05, 0) is 75.9 Å². The van der Waals surface area contributed by atoms with Crippen LogP contribution in [0.5, 0.6) is 11.5 Å². The number of hydrogen-bond donors (Lipinski definition) is 0. The van der Waals surface area contributed by atoms with Crippen LogP contribution in [0.1, 0.15) is 80.3 Å². The van der Waals surface area contributed by atoms with Gasteiger partial charge in [0, 0.05) is 18.8 Å². The topological polar surface area (TPSA) is 61.6 Å². The van der Waals surface area contributed by atoms with E-state index in [0.717, 1.165) is 40.6 Å². The zero-order valence-electron chi connectivity index (χ0n) is 21.4. The summed E-state index contributed by atoms with van der Waals surface area (Å²) in [6.07, 6.45) is 7.43. The zero-order chi connectivity index (χ0) is 24.8. The minimum Gasteiger partial charge on any atom is -0.493 e. The molecule has 1 aliphatic rings. The predicted octanol–water partition coefficient (Wildman–Crippen LogP) is 6.93. The standard InChI is InChI=1S/C30H37NO4/c1-21-9-8-12-27(19-21)35-30(4,23(3)32)20-24-13-15-26(16-14-24)33-18-17-28-22(2)34-29(31-28)25-10-6-5-7-11-25/h8-9,12-16,19,25H,5-7,10-11,17-18,20H2,1-4H3. The molecule has 5 nitrogen and oxygen atoms in total. The Labute approximate surface area is 208 Å². The van der Waals surface area contributed by atoms with Crippen LogP contribution in [0.15, 0.2) is 52.9 Å². The van der Waals surface area contributed by atoms with Gasteiger partial charge in [0.15, 0.2) is 17.3 Å². The molecule has 0 N–H and O–H groups in total. The maximum absolute atomic E-state index is 12.5. The van der Waals surface area contributed by atoms with Crippen molar-refractivity contribution in [3.05, 3.63) is 77.0 Å². The number of aromatic nitrogens is 1. The minimum absolute atomic E-state index is 0.00471. The molecule has 1 unspecified atom stereocenters. The molecule has 1 saturated carbocycles. The molecule has 0 aliphatic heterocycles. The molecule has 0 amide bonds. The monoisotopic (exact) mass is 475 g/mol. The number of ether oxygens (including phenoxy) is 2. The van der Waals surface area contributed by atoms with Crippen LogP contribution in [-0.4, -0.2) is 23.0 Å². The van der Waals surface area contributed by atoms with Gasteiger partial charge >= 0.3 is 0 Å². The average molecular weight is 476 g/mol. The van der Waals surface area contributed by atoms with Crippen LogP contribution in [0.4, 0.5) is 0 Å². The van der Waals surface area contributed by atoms with Crippen LogP contribution in [0.2, 0.25) is 0 Å². The summed E-state index contributed by atoms with van der Waals surface area (Å²) >= 11 is 0. The molecule has 1 atom stereocenters. The van der Waals surface area contributed by atoms with Crippen molar-refractivity contribution in [3.63, 3.8) is 0 Å². The Kier molecular flexibility index (Phi) is 7.94. The van der Waals surface area contributed by atoms with E-state index in [-0.39, 0.29) is 5.78 Å². The van der Waals surface area contributed by atoms with E-state index in [1.807, 2.05) is 69.3 Å². The van der Waals surface area contributed by atoms with Gasteiger partial charge in [-0.2, -0.15) is 0 Å². The van der Waals surface area contributed by atoms with Gasteiger partial charge in [0.05, 0.1) is 12.3 Å². The van der Waals surface area contributed by atoms with Gasteiger partial charge in [-0.3, -0.25) is 4.79 Å². The van der Waals surface area contributed by atoms with E-state index in [9.17, 15) is 4.79 Å². The summed E-state index contributed by atoms with van der Waals surface area (Å²) in [6.45, 7) is 7.98. The van der Waals surface area contributed by atoms with Gasteiger partial charge in [0.1, 0.15) is 17.3 Å². The third-order valence-corrected chi connectivity index (χ3v) is 7.01. The SMILES string of the molecule is CC(=O)C(C)(Cc1ccc(OCCc2nc(C3CCCCC3)oc2C)cc1)Oc1cccc(C)c1. The molecular weight excluding hydrogens is 438 g/mol. The van der Waals surface area contributed by atoms with E-state index in [1.165, 1.54) is 32.1 Å². The first-order valence-corrected chi connectivity index (χ1v) is 12.8. The highest BCUT2D eigenvalue weighted by molar-refractivity contribution is 5.85. The first-order valence-electron chi connectivity index (χ1n) is 12.8. The number of Topliss-reactive ketones (excluding diaryl/α,β-unsaturated/α-hetero) is 1. The number of ketones is 1. The predicted molar refractivity (Wildman–Crippen MR) is 137 cm³/mol. The van der Waals surface area contributed by atoms with E-state index in [2.05, 4.69) is 0 Å². The number of benzene rings is 2. The Hall–Kier alpha value is -3.08. The molecule has 1 aliphatic carbocycles. The molecule has 1 fully saturated rings. The molecule has 0 saturated heterocycles. The molecule has 0 radical (unpaired) electrons. The van der Waals surface area contributed by atoms with Crippen molar-refractivity contribution in [2.75, 3.05) is 6.61 Å². The van der Waals surface area contributed by atoms with Gasteiger partial charge in [0.2, 0.25) is 0 Å². The van der Waals surface area contributed by atoms with E-state index in [1.54, 1.807) is 6.92 Å². The number of oxazole rings is 1. The number of aryl methyl sites for hydroxylation is 2. The molecule has 5 heteroatoms. The van der Waals surface area contributed by atoms with Crippen molar-refractivity contribution in [1.29, 1.82) is 0 Å². The molecule has 3 aromatic rings. The van der Waals surface area contributed by atoms with E-state index in [4.69, 9.17) is 18.9 Å². The maximum atomic E-state index is 12.5. The molecule has 0 spiro atoms. The van der Waals surface area contributed by atoms with Crippen LogP contribution in [-0.2, 0) is 17.6 Å². The summed E-state index contributed by atoms with van der Waals surface area (Å²) in [5.41, 5.74) is 2.18. The van der Waals surface area contributed by atoms with Crippen molar-refractivity contribution in [2.45, 2.75) is 84.2 Å². The quantitative estimate of drug-likeness (QED) is 0.318. The van der Waals surface area contributed by atoms with Crippen molar-refractivity contribution in [3.8, 4) is 11.5 Å². The first-order chi connectivity index (χ1) is 16.8. The van der Waals surface area contributed by atoms with E-state index >= 15 is 0 Å². The minimum atomic E-state index is -0.934. The lowest BCUT2D eigenvalue weighted by molar-refractivity contribution is -0.130. The highest BCUT2D eigenvalue weighted by Crippen LogP contribution is 2.33. The molecule has 186 valence electrons. The molecule has 2 aromatic carbocycles. The van der Waals surface area contributed by atoms with Crippen molar-refractivity contribution < 1.29 is 18.7 Å². The second kappa shape index (κ2) is 11.1. The van der Waals surface area contributed by atoms with Crippen LogP contribution < -0.4 is 9.47 Å². The Morgan fingerprint density at radius 1 is 1.06 bits per heavy atom. The molecule has 0 bridgehead atoms. The fraction of sp³-hybridized carbons (Fsp3) is 0.467. The van der Waals surface area contributed by atoms with Gasteiger partial charge in [-0.1, -0.05) is 43.5 Å². The fourth-order valence-electron chi connectivity index (χ4n) is 4.74. The van der Waals surface area contributed by atoms with Crippen molar-refractivity contribution in [1.82, 2.24) is 4.98 Å². The summed E-state index contributed by atoms with van der Waals surface area (Å²) < 4.78 is 18.1. The number of carbonyl (C=O) groups is 1. The van der Waals surface area contributed by atoms with Gasteiger partial charge in [-0.15, -0.1) is 0 Å². The van der Waals surface area contributed by atoms with Crippen molar-refractivity contribution >= 4 is 5.78 Å². The number of nitrogens with zero attached hydrogens (tertiary/aromatic N) is 1. The summed E-state index contributed by atoms with van der Waals surface area (Å²) in [5, 5.41) is 0. The zero-order valence-corrected chi connectivity index (χ0v) is 21.4.